The molecule has 1 atom stereocenters. The number of nitrogens with one attached hydrogen (secondary N) is 1. The summed E-state index contributed by atoms with van der Waals surface area (Å²) in [7, 11) is -0.700. The highest BCUT2D eigenvalue weighted by Crippen LogP contribution is 2.20. The molecule has 1 heterocycles. The van der Waals surface area contributed by atoms with Crippen molar-refractivity contribution in [1.29, 1.82) is 0 Å². The van der Waals surface area contributed by atoms with E-state index in [1.165, 1.54) is 43.6 Å². The van der Waals surface area contributed by atoms with Crippen LogP contribution >= 0.6 is 0 Å². The van der Waals surface area contributed by atoms with E-state index < -0.39 is 10.8 Å². The first-order chi connectivity index (χ1) is 9.25. The Morgan fingerprint density at radius 2 is 1.84 bits per heavy atom. The Bertz CT molecular complexity index is 399. The second-order valence-electron chi connectivity index (χ2n) is 5.17. The van der Waals surface area contributed by atoms with Crippen molar-refractivity contribution in [2.75, 3.05) is 36.5 Å². The smallest absolute Gasteiger partial charge is 0.0366 e. The Kier molecular flexibility index (Phi) is 5.86. The maximum absolute atomic E-state index is 10.9. The normalized spacial score (nSPS) is 17.4. The molecule has 1 aliphatic rings. The van der Waals surface area contributed by atoms with Gasteiger partial charge in [0.25, 0.3) is 0 Å². The molecule has 3 nitrogen and oxygen atoms in total. The van der Waals surface area contributed by atoms with E-state index in [9.17, 15) is 4.21 Å². The molecular weight excluding hydrogens is 256 g/mol. The van der Waals surface area contributed by atoms with E-state index in [1.807, 2.05) is 0 Å². The first kappa shape index (κ1) is 14.5. The Hall–Kier alpha value is -0.870. The second-order valence-corrected chi connectivity index (χ2v) is 6.72. The molecule has 0 radical (unpaired) electrons. The zero-order valence-electron chi connectivity index (χ0n) is 11.7. The van der Waals surface area contributed by atoms with Crippen LogP contribution in [-0.4, -0.2) is 35.9 Å². The Balaban J connectivity index is 1.79. The second kappa shape index (κ2) is 7.65. The first-order valence-corrected chi connectivity index (χ1v) is 8.83. The Labute approximate surface area is 118 Å². The van der Waals surface area contributed by atoms with Gasteiger partial charge in [-0.3, -0.25) is 4.21 Å². The summed E-state index contributed by atoms with van der Waals surface area (Å²) in [6.45, 7) is 4.06. The van der Waals surface area contributed by atoms with Crippen LogP contribution in [0.4, 0.5) is 5.69 Å². The number of nitrogens with zero attached hydrogens (tertiary/aromatic N) is 1. The van der Waals surface area contributed by atoms with E-state index in [0.29, 0.717) is 0 Å². The van der Waals surface area contributed by atoms with Crippen LogP contribution in [0.25, 0.3) is 0 Å². The maximum atomic E-state index is 10.9. The maximum Gasteiger partial charge on any atom is 0.0366 e. The van der Waals surface area contributed by atoms with Gasteiger partial charge >= 0.3 is 0 Å². The van der Waals surface area contributed by atoms with Gasteiger partial charge in [-0.2, -0.15) is 0 Å². The topological polar surface area (TPSA) is 32.3 Å². The van der Waals surface area contributed by atoms with Gasteiger partial charge in [-0.15, -0.1) is 0 Å². The SMILES string of the molecule is CS(=O)CCNCc1ccc(N2CCCCC2)cc1. The third-order valence-corrected chi connectivity index (χ3v) is 4.33. The molecule has 106 valence electrons. The molecular formula is C15H24N2OS. The lowest BCUT2D eigenvalue weighted by Crippen LogP contribution is -2.29. The highest BCUT2D eigenvalue weighted by molar-refractivity contribution is 7.84. The highest BCUT2D eigenvalue weighted by atomic mass is 32.2. The van der Waals surface area contributed by atoms with E-state index in [4.69, 9.17) is 0 Å². The van der Waals surface area contributed by atoms with Crippen LogP contribution in [0.3, 0.4) is 0 Å². The summed E-state index contributed by atoms with van der Waals surface area (Å²) in [5, 5.41) is 3.33. The predicted molar refractivity (Wildman–Crippen MR) is 83.1 cm³/mol. The average molecular weight is 280 g/mol. The fourth-order valence-corrected chi connectivity index (χ4v) is 2.86. The third kappa shape index (κ3) is 4.96. The van der Waals surface area contributed by atoms with Crippen LogP contribution < -0.4 is 10.2 Å². The molecule has 19 heavy (non-hydrogen) atoms. The Morgan fingerprint density at radius 3 is 2.47 bits per heavy atom. The third-order valence-electron chi connectivity index (χ3n) is 3.55. The van der Waals surface area contributed by atoms with Crippen molar-refractivity contribution >= 4 is 16.5 Å². The van der Waals surface area contributed by atoms with Crippen molar-refractivity contribution in [3.8, 4) is 0 Å². The molecule has 0 aromatic heterocycles. The molecule has 1 saturated heterocycles. The summed E-state index contributed by atoms with van der Waals surface area (Å²) >= 11 is 0. The standard InChI is InChI=1S/C15H24N2OS/c1-19(18)12-9-16-13-14-5-7-15(8-6-14)17-10-3-2-4-11-17/h5-8,16H,2-4,9-13H2,1H3. The largest absolute Gasteiger partial charge is 0.372 e. The number of anilines is 1. The predicted octanol–water partition coefficient (Wildman–Crippen LogP) is 2.14. The quantitative estimate of drug-likeness (QED) is 0.810. The zero-order valence-corrected chi connectivity index (χ0v) is 12.5. The van der Waals surface area contributed by atoms with Crippen molar-refractivity contribution in [2.24, 2.45) is 0 Å². The van der Waals surface area contributed by atoms with Crippen LogP contribution in [0.5, 0.6) is 0 Å². The van der Waals surface area contributed by atoms with Crippen molar-refractivity contribution in [3.63, 3.8) is 0 Å². The molecule has 1 N–H and O–H groups in total. The number of hydrogen-bond acceptors (Lipinski definition) is 3. The van der Waals surface area contributed by atoms with Gasteiger partial charge in [-0.05, 0) is 37.0 Å². The molecule has 0 bridgehead atoms. The molecule has 0 amide bonds. The van der Waals surface area contributed by atoms with Crippen LogP contribution in [0.15, 0.2) is 24.3 Å². The highest BCUT2D eigenvalue weighted by Gasteiger charge is 2.10. The summed E-state index contributed by atoms with van der Waals surface area (Å²) in [6.07, 6.45) is 5.75. The minimum atomic E-state index is -0.700. The van der Waals surface area contributed by atoms with Gasteiger partial charge in [0, 0.05) is 54.7 Å². The minimum absolute atomic E-state index is 0.700. The fraction of sp³-hybridized carbons (Fsp3) is 0.600. The van der Waals surface area contributed by atoms with Crippen LogP contribution in [0.1, 0.15) is 24.8 Å². The van der Waals surface area contributed by atoms with Gasteiger partial charge in [0.15, 0.2) is 0 Å². The van der Waals surface area contributed by atoms with E-state index in [2.05, 4.69) is 34.5 Å². The van der Waals surface area contributed by atoms with Gasteiger partial charge in [-0.25, -0.2) is 0 Å². The van der Waals surface area contributed by atoms with E-state index in [-0.39, 0.29) is 0 Å². The fourth-order valence-electron chi connectivity index (χ4n) is 2.43. The molecule has 4 heteroatoms. The summed E-state index contributed by atoms with van der Waals surface area (Å²) in [5.74, 6) is 0.728. The van der Waals surface area contributed by atoms with Crippen molar-refractivity contribution in [2.45, 2.75) is 25.8 Å². The average Bonchev–Trinajstić information content (AvgIpc) is 2.45. The number of hydrogen-bond donors (Lipinski definition) is 1. The molecule has 1 aliphatic heterocycles. The molecule has 1 aromatic rings. The summed E-state index contributed by atoms with van der Waals surface area (Å²) in [5.41, 5.74) is 2.64. The Morgan fingerprint density at radius 1 is 1.16 bits per heavy atom. The number of benzene rings is 1. The molecule has 0 spiro atoms. The molecule has 0 aliphatic carbocycles. The van der Waals surface area contributed by atoms with Gasteiger partial charge < -0.3 is 10.2 Å². The summed E-state index contributed by atoms with van der Waals surface area (Å²) in [4.78, 5) is 2.47. The zero-order chi connectivity index (χ0) is 13.5. The lowest BCUT2D eigenvalue weighted by molar-refractivity contribution is 0.578. The summed E-state index contributed by atoms with van der Waals surface area (Å²) in [6, 6.07) is 8.83. The van der Waals surface area contributed by atoms with Crippen LogP contribution in [0, 0.1) is 0 Å². The van der Waals surface area contributed by atoms with E-state index in [0.717, 1.165) is 18.8 Å². The molecule has 0 saturated carbocycles. The summed E-state index contributed by atoms with van der Waals surface area (Å²) < 4.78 is 10.9. The molecule has 1 aromatic carbocycles. The number of piperidine rings is 1. The van der Waals surface area contributed by atoms with Gasteiger partial charge in [0.2, 0.25) is 0 Å². The molecule has 1 fully saturated rings. The van der Waals surface area contributed by atoms with Crippen molar-refractivity contribution < 1.29 is 4.21 Å². The lowest BCUT2D eigenvalue weighted by atomic mass is 10.1. The van der Waals surface area contributed by atoms with Crippen LogP contribution in [-0.2, 0) is 17.3 Å². The molecule has 2 rings (SSSR count). The van der Waals surface area contributed by atoms with Gasteiger partial charge in [0.05, 0.1) is 0 Å². The van der Waals surface area contributed by atoms with Crippen LogP contribution in [0.2, 0.25) is 0 Å². The van der Waals surface area contributed by atoms with E-state index >= 15 is 0 Å². The van der Waals surface area contributed by atoms with E-state index in [1.54, 1.807) is 6.26 Å². The van der Waals surface area contributed by atoms with Crippen molar-refractivity contribution in [1.82, 2.24) is 5.32 Å². The molecule has 1 unspecified atom stereocenters. The first-order valence-electron chi connectivity index (χ1n) is 7.10. The number of rotatable bonds is 6. The lowest BCUT2D eigenvalue weighted by Gasteiger charge is -2.28. The minimum Gasteiger partial charge on any atom is -0.372 e. The van der Waals surface area contributed by atoms with Crippen molar-refractivity contribution in [3.05, 3.63) is 29.8 Å². The monoisotopic (exact) mass is 280 g/mol. The van der Waals surface area contributed by atoms with Gasteiger partial charge in [0.1, 0.15) is 0 Å². The van der Waals surface area contributed by atoms with Gasteiger partial charge in [-0.1, -0.05) is 12.1 Å².